The number of alkyl halides is 3. The van der Waals surface area contributed by atoms with Gasteiger partial charge < -0.3 is 9.84 Å². The number of aromatic nitrogens is 1. The molecule has 1 aromatic heterocycles. The van der Waals surface area contributed by atoms with Crippen LogP contribution in [0.25, 0.3) is 0 Å². The van der Waals surface area contributed by atoms with Crippen LogP contribution < -0.4 is 0 Å². The van der Waals surface area contributed by atoms with Crippen LogP contribution >= 0.6 is 15.9 Å². The van der Waals surface area contributed by atoms with E-state index in [4.69, 9.17) is 0 Å². The maximum atomic E-state index is 12.7. The van der Waals surface area contributed by atoms with Crippen molar-refractivity contribution in [1.82, 2.24) is 4.98 Å². The lowest BCUT2D eigenvalue weighted by Gasteiger charge is -2.10. The molecule has 0 atom stereocenters. The van der Waals surface area contributed by atoms with Gasteiger partial charge in [0.15, 0.2) is 0 Å². The monoisotopic (exact) mass is 309 g/mol. The molecular formula is C10H10BrF2NO3. The van der Waals surface area contributed by atoms with E-state index in [1.54, 1.807) is 0 Å². The van der Waals surface area contributed by atoms with Gasteiger partial charge in [-0.1, -0.05) is 15.9 Å². The maximum Gasteiger partial charge on any atom is 0.311 e. The topological polar surface area (TPSA) is 59.4 Å². The summed E-state index contributed by atoms with van der Waals surface area (Å²) in [6.45, 7) is 0. The first kappa shape index (κ1) is 13.8. The Labute approximate surface area is 105 Å². The van der Waals surface area contributed by atoms with Gasteiger partial charge in [0.2, 0.25) is 0 Å². The van der Waals surface area contributed by atoms with Crippen molar-refractivity contribution in [2.24, 2.45) is 0 Å². The van der Waals surface area contributed by atoms with E-state index in [-0.39, 0.29) is 28.9 Å². The Morgan fingerprint density at radius 3 is 2.71 bits per heavy atom. The SMILES string of the molecule is COC(=O)Cc1nc(CBr)c(O)cc1C(F)F. The van der Waals surface area contributed by atoms with E-state index in [2.05, 4.69) is 25.7 Å². The van der Waals surface area contributed by atoms with E-state index in [1.165, 1.54) is 0 Å². The molecule has 0 saturated heterocycles. The maximum absolute atomic E-state index is 12.7. The number of ether oxygens (including phenoxy) is 1. The molecule has 1 heterocycles. The van der Waals surface area contributed by atoms with Crippen LogP contribution in [-0.2, 0) is 21.3 Å². The zero-order valence-corrected chi connectivity index (χ0v) is 10.5. The van der Waals surface area contributed by atoms with E-state index in [1.807, 2.05) is 0 Å². The van der Waals surface area contributed by atoms with Crippen molar-refractivity contribution in [1.29, 1.82) is 0 Å². The van der Waals surface area contributed by atoms with Crippen LogP contribution in [0.5, 0.6) is 5.75 Å². The third kappa shape index (κ3) is 3.36. The van der Waals surface area contributed by atoms with Gasteiger partial charge in [-0.05, 0) is 6.07 Å². The molecule has 0 aromatic carbocycles. The summed E-state index contributed by atoms with van der Waals surface area (Å²) in [6.07, 6.45) is -3.16. The first-order valence-corrected chi connectivity index (χ1v) is 5.74. The Morgan fingerprint density at radius 2 is 2.24 bits per heavy atom. The minimum absolute atomic E-state index is 0.0842. The Hall–Kier alpha value is -1.24. The van der Waals surface area contributed by atoms with Gasteiger partial charge in [0.05, 0.1) is 24.9 Å². The van der Waals surface area contributed by atoms with Crippen LogP contribution in [-0.4, -0.2) is 23.2 Å². The van der Waals surface area contributed by atoms with Gasteiger partial charge in [0.1, 0.15) is 5.75 Å². The number of rotatable bonds is 4. The van der Waals surface area contributed by atoms with Gasteiger partial charge in [-0.15, -0.1) is 0 Å². The van der Waals surface area contributed by atoms with Crippen molar-refractivity contribution in [3.8, 4) is 5.75 Å². The summed E-state index contributed by atoms with van der Waals surface area (Å²) in [5.74, 6) is -0.989. The fourth-order valence-corrected chi connectivity index (χ4v) is 1.65. The van der Waals surface area contributed by atoms with Gasteiger partial charge in [0.25, 0.3) is 6.43 Å². The summed E-state index contributed by atoms with van der Waals surface area (Å²) < 4.78 is 29.8. The van der Waals surface area contributed by atoms with Gasteiger partial charge in [0, 0.05) is 10.9 Å². The summed E-state index contributed by atoms with van der Waals surface area (Å²) >= 11 is 3.06. The number of nitrogens with zero attached hydrogens (tertiary/aromatic N) is 1. The lowest BCUT2D eigenvalue weighted by molar-refractivity contribution is -0.139. The average molecular weight is 310 g/mol. The summed E-state index contributed by atoms with van der Waals surface area (Å²) in [4.78, 5) is 14.9. The number of carbonyl (C=O) groups is 1. The molecule has 1 aromatic rings. The molecule has 0 fully saturated rings. The second-order valence-electron chi connectivity index (χ2n) is 3.18. The molecule has 1 N–H and O–H groups in total. The normalized spacial score (nSPS) is 10.6. The second-order valence-corrected chi connectivity index (χ2v) is 3.74. The Balaban J connectivity index is 3.19. The fraction of sp³-hybridized carbons (Fsp3) is 0.400. The van der Waals surface area contributed by atoms with Crippen LogP contribution in [0, 0.1) is 0 Å². The van der Waals surface area contributed by atoms with Crippen LogP contribution in [0.3, 0.4) is 0 Å². The molecule has 0 bridgehead atoms. The predicted octanol–water partition coefficient (Wildman–Crippen LogP) is 2.34. The second kappa shape index (κ2) is 5.90. The molecular weight excluding hydrogens is 300 g/mol. The van der Waals surface area contributed by atoms with Crippen molar-refractivity contribution < 1.29 is 23.4 Å². The number of hydrogen-bond donors (Lipinski definition) is 1. The minimum Gasteiger partial charge on any atom is -0.506 e. The van der Waals surface area contributed by atoms with E-state index in [9.17, 15) is 18.7 Å². The number of carbonyl (C=O) groups excluding carboxylic acids is 1. The zero-order valence-electron chi connectivity index (χ0n) is 8.91. The van der Waals surface area contributed by atoms with Gasteiger partial charge in [-0.3, -0.25) is 9.78 Å². The largest absolute Gasteiger partial charge is 0.506 e. The Bertz CT molecular complexity index is 426. The highest BCUT2D eigenvalue weighted by Gasteiger charge is 2.20. The molecule has 0 unspecified atom stereocenters. The van der Waals surface area contributed by atoms with Crippen molar-refractivity contribution in [3.05, 3.63) is 23.0 Å². The van der Waals surface area contributed by atoms with Crippen LogP contribution in [0.2, 0.25) is 0 Å². The van der Waals surface area contributed by atoms with Gasteiger partial charge in [-0.2, -0.15) is 0 Å². The van der Waals surface area contributed by atoms with Crippen molar-refractivity contribution in [2.75, 3.05) is 7.11 Å². The van der Waals surface area contributed by atoms with Crippen LogP contribution in [0.1, 0.15) is 23.4 Å². The summed E-state index contributed by atoms with van der Waals surface area (Å²) in [6, 6.07) is 0.923. The quantitative estimate of drug-likeness (QED) is 0.685. The molecule has 0 aliphatic heterocycles. The Morgan fingerprint density at radius 1 is 1.59 bits per heavy atom. The van der Waals surface area contributed by atoms with E-state index < -0.39 is 18.0 Å². The number of aromatic hydroxyl groups is 1. The fourth-order valence-electron chi connectivity index (χ4n) is 1.24. The number of methoxy groups -OCH3 is 1. The zero-order chi connectivity index (χ0) is 13.0. The molecule has 4 nitrogen and oxygen atoms in total. The van der Waals surface area contributed by atoms with E-state index in [0.717, 1.165) is 13.2 Å². The molecule has 0 radical (unpaired) electrons. The highest BCUT2D eigenvalue weighted by atomic mass is 79.9. The number of pyridine rings is 1. The third-order valence-corrected chi connectivity index (χ3v) is 2.62. The standard InChI is InChI=1S/C10H10BrF2NO3/c1-17-9(16)3-6-5(10(12)13)2-8(15)7(4-11)14-6/h2,10,15H,3-4H2,1H3. The molecule has 1 rings (SSSR count). The number of esters is 1. The molecule has 0 spiro atoms. The molecule has 17 heavy (non-hydrogen) atoms. The minimum atomic E-state index is -2.81. The number of halogens is 3. The van der Waals surface area contributed by atoms with Crippen LogP contribution in [0.15, 0.2) is 6.07 Å². The summed E-state index contributed by atoms with van der Waals surface area (Å²) in [5, 5.41) is 9.62. The summed E-state index contributed by atoms with van der Waals surface area (Å²) in [5.41, 5.74) is -0.343. The van der Waals surface area contributed by atoms with E-state index in [0.29, 0.717) is 0 Å². The first-order valence-electron chi connectivity index (χ1n) is 4.62. The summed E-state index contributed by atoms with van der Waals surface area (Å²) in [7, 11) is 1.16. The van der Waals surface area contributed by atoms with Crippen molar-refractivity contribution >= 4 is 21.9 Å². The first-order chi connectivity index (χ1) is 7.99. The molecule has 0 aliphatic rings. The number of hydrogen-bond acceptors (Lipinski definition) is 4. The van der Waals surface area contributed by atoms with Crippen LogP contribution in [0.4, 0.5) is 8.78 Å². The third-order valence-electron chi connectivity index (χ3n) is 2.09. The smallest absolute Gasteiger partial charge is 0.311 e. The molecule has 94 valence electrons. The highest BCUT2D eigenvalue weighted by Crippen LogP contribution is 2.28. The van der Waals surface area contributed by atoms with Gasteiger partial charge >= 0.3 is 5.97 Å². The van der Waals surface area contributed by atoms with Gasteiger partial charge in [-0.25, -0.2) is 8.78 Å². The average Bonchev–Trinajstić information content (AvgIpc) is 2.30. The lowest BCUT2D eigenvalue weighted by atomic mass is 10.1. The predicted molar refractivity (Wildman–Crippen MR) is 59.2 cm³/mol. The van der Waals surface area contributed by atoms with Crippen molar-refractivity contribution in [2.45, 2.75) is 18.2 Å². The van der Waals surface area contributed by atoms with Crippen molar-refractivity contribution in [3.63, 3.8) is 0 Å². The molecule has 7 heteroatoms. The molecule has 0 aliphatic carbocycles. The van der Waals surface area contributed by atoms with E-state index >= 15 is 0 Å². The highest BCUT2D eigenvalue weighted by molar-refractivity contribution is 9.08. The Kier molecular flexibility index (Phi) is 4.80. The molecule has 0 saturated carbocycles. The molecule has 0 amide bonds. The lowest BCUT2D eigenvalue weighted by Crippen LogP contribution is -2.10.